The second-order valence-electron chi connectivity index (χ2n) is 6.41. The molecule has 0 aliphatic heterocycles. The summed E-state index contributed by atoms with van der Waals surface area (Å²) in [6.45, 7) is 3.60. The summed E-state index contributed by atoms with van der Waals surface area (Å²) >= 11 is 0. The predicted molar refractivity (Wildman–Crippen MR) is 87.1 cm³/mol. The molecule has 0 bridgehead atoms. The van der Waals surface area contributed by atoms with Crippen LogP contribution < -0.4 is 0 Å². The first-order chi connectivity index (χ1) is 12.0. The zero-order valence-electron chi connectivity index (χ0n) is 14.2. The molecule has 1 fully saturated rings. The number of hydrogen-bond acceptors (Lipinski definition) is 4. The second kappa shape index (κ2) is 7.51. The third kappa shape index (κ3) is 4.18. The molecule has 136 valence electrons. The first kappa shape index (κ1) is 17.8. The van der Waals surface area contributed by atoms with Gasteiger partial charge in [0.05, 0.1) is 17.8 Å². The van der Waals surface area contributed by atoms with Crippen molar-refractivity contribution in [3.8, 4) is 5.69 Å². The predicted octanol–water partition coefficient (Wildman–Crippen LogP) is 3.84. The van der Waals surface area contributed by atoms with E-state index in [1.807, 2.05) is 0 Å². The van der Waals surface area contributed by atoms with Gasteiger partial charge in [0.2, 0.25) is 0 Å². The Morgan fingerprint density at radius 3 is 2.40 bits per heavy atom. The maximum Gasteiger partial charge on any atom is 0.416 e. The van der Waals surface area contributed by atoms with Crippen LogP contribution in [0.2, 0.25) is 0 Å². The molecule has 0 spiro atoms. The minimum absolute atomic E-state index is 0.525. The summed E-state index contributed by atoms with van der Waals surface area (Å²) in [5.74, 6) is 0.646. The Labute approximate surface area is 144 Å². The van der Waals surface area contributed by atoms with Crippen LogP contribution in [0.25, 0.3) is 5.69 Å². The highest BCUT2D eigenvalue weighted by molar-refractivity contribution is 5.35. The van der Waals surface area contributed by atoms with Crippen LogP contribution in [-0.4, -0.2) is 37.7 Å². The van der Waals surface area contributed by atoms with Gasteiger partial charge in [-0.1, -0.05) is 26.2 Å². The fraction of sp³-hybridized carbons (Fsp3) is 0.588. The molecule has 0 saturated heterocycles. The number of alkyl halides is 3. The van der Waals surface area contributed by atoms with Gasteiger partial charge in [-0.15, -0.1) is 5.10 Å². The molecule has 0 unspecified atom stereocenters. The smallest absolute Gasteiger partial charge is 0.293 e. The minimum Gasteiger partial charge on any atom is -0.293 e. The van der Waals surface area contributed by atoms with Gasteiger partial charge in [-0.05, 0) is 54.1 Å². The quantitative estimate of drug-likeness (QED) is 0.819. The molecule has 0 radical (unpaired) electrons. The van der Waals surface area contributed by atoms with E-state index in [4.69, 9.17) is 0 Å². The second-order valence-corrected chi connectivity index (χ2v) is 6.41. The summed E-state index contributed by atoms with van der Waals surface area (Å²) < 4.78 is 39.7. The zero-order valence-corrected chi connectivity index (χ0v) is 14.2. The fourth-order valence-electron chi connectivity index (χ4n) is 3.42. The largest absolute Gasteiger partial charge is 0.416 e. The number of benzene rings is 1. The van der Waals surface area contributed by atoms with E-state index < -0.39 is 11.7 Å². The maximum absolute atomic E-state index is 12.7. The summed E-state index contributed by atoms with van der Waals surface area (Å²) in [6.07, 6.45) is 1.78. The van der Waals surface area contributed by atoms with Gasteiger partial charge in [0.1, 0.15) is 0 Å². The Kier molecular flexibility index (Phi) is 5.36. The van der Waals surface area contributed by atoms with Crippen LogP contribution in [0.1, 0.15) is 50.4 Å². The number of halogens is 3. The van der Waals surface area contributed by atoms with Crippen molar-refractivity contribution < 1.29 is 13.2 Å². The molecule has 1 saturated carbocycles. The molecular formula is C17H22F3N5. The van der Waals surface area contributed by atoms with Crippen molar-refractivity contribution in [2.45, 2.75) is 57.8 Å². The molecule has 8 heteroatoms. The van der Waals surface area contributed by atoms with Crippen molar-refractivity contribution in [2.75, 3.05) is 6.54 Å². The Bertz CT molecular complexity index is 674. The number of rotatable bonds is 5. The minimum atomic E-state index is -4.35. The van der Waals surface area contributed by atoms with E-state index in [2.05, 4.69) is 27.3 Å². The van der Waals surface area contributed by atoms with Gasteiger partial charge in [-0.3, -0.25) is 4.90 Å². The molecule has 0 N–H and O–H groups in total. The highest BCUT2D eigenvalue weighted by atomic mass is 19.4. The summed E-state index contributed by atoms with van der Waals surface area (Å²) in [4.78, 5) is 2.35. The fourth-order valence-corrected chi connectivity index (χ4v) is 3.42. The summed E-state index contributed by atoms with van der Waals surface area (Å²) in [7, 11) is 0. The van der Waals surface area contributed by atoms with E-state index in [0.717, 1.165) is 18.7 Å². The van der Waals surface area contributed by atoms with Gasteiger partial charge in [0.15, 0.2) is 5.82 Å². The summed E-state index contributed by atoms with van der Waals surface area (Å²) in [6, 6.07) is 5.44. The zero-order chi connectivity index (χ0) is 17.9. The van der Waals surface area contributed by atoms with Crippen molar-refractivity contribution in [2.24, 2.45) is 0 Å². The van der Waals surface area contributed by atoms with Crippen molar-refractivity contribution in [1.29, 1.82) is 0 Å². The van der Waals surface area contributed by atoms with Crippen LogP contribution in [0.5, 0.6) is 0 Å². The highest BCUT2D eigenvalue weighted by Crippen LogP contribution is 2.29. The highest BCUT2D eigenvalue weighted by Gasteiger charge is 2.30. The van der Waals surface area contributed by atoms with Crippen LogP contribution >= 0.6 is 0 Å². The first-order valence-corrected chi connectivity index (χ1v) is 8.68. The summed E-state index contributed by atoms with van der Waals surface area (Å²) in [5, 5.41) is 11.8. The Morgan fingerprint density at radius 1 is 1.12 bits per heavy atom. The van der Waals surface area contributed by atoms with Crippen LogP contribution in [0.15, 0.2) is 24.3 Å². The molecule has 1 heterocycles. The Morgan fingerprint density at radius 2 is 1.80 bits per heavy atom. The monoisotopic (exact) mass is 353 g/mol. The Balaban J connectivity index is 1.77. The van der Waals surface area contributed by atoms with Crippen LogP contribution in [0.3, 0.4) is 0 Å². The lowest BCUT2D eigenvalue weighted by Crippen LogP contribution is -2.36. The van der Waals surface area contributed by atoms with Crippen molar-refractivity contribution in [3.05, 3.63) is 35.7 Å². The number of hydrogen-bond donors (Lipinski definition) is 0. The molecule has 0 amide bonds. The van der Waals surface area contributed by atoms with Crippen LogP contribution in [-0.2, 0) is 12.7 Å². The van der Waals surface area contributed by atoms with Gasteiger partial charge < -0.3 is 0 Å². The molecule has 0 atom stereocenters. The SMILES string of the molecule is CCN(Cc1nnnn1-c1ccc(C(F)(F)F)cc1)C1CCCCC1. The molecule has 25 heavy (non-hydrogen) atoms. The molecule has 5 nitrogen and oxygen atoms in total. The van der Waals surface area contributed by atoms with E-state index >= 15 is 0 Å². The molecule has 1 aliphatic rings. The van der Waals surface area contributed by atoms with E-state index in [0.29, 0.717) is 24.1 Å². The Hall–Kier alpha value is -1.96. The average Bonchev–Trinajstić information content (AvgIpc) is 3.08. The topological polar surface area (TPSA) is 46.8 Å². The van der Waals surface area contributed by atoms with Crippen molar-refractivity contribution in [1.82, 2.24) is 25.1 Å². The molecule has 3 rings (SSSR count). The van der Waals surface area contributed by atoms with Crippen LogP contribution in [0, 0.1) is 0 Å². The maximum atomic E-state index is 12.7. The lowest BCUT2D eigenvalue weighted by Gasteiger charge is -2.32. The normalized spacial score (nSPS) is 16.5. The van der Waals surface area contributed by atoms with Crippen LogP contribution in [0.4, 0.5) is 13.2 Å². The average molecular weight is 353 g/mol. The van der Waals surface area contributed by atoms with Gasteiger partial charge >= 0.3 is 6.18 Å². The van der Waals surface area contributed by atoms with E-state index in [-0.39, 0.29) is 0 Å². The number of nitrogens with zero attached hydrogens (tertiary/aromatic N) is 5. The van der Waals surface area contributed by atoms with E-state index in [1.165, 1.54) is 48.9 Å². The molecule has 1 aromatic heterocycles. The molecule has 2 aromatic rings. The van der Waals surface area contributed by atoms with Crippen molar-refractivity contribution in [3.63, 3.8) is 0 Å². The lowest BCUT2D eigenvalue weighted by molar-refractivity contribution is -0.137. The van der Waals surface area contributed by atoms with Gasteiger partial charge in [0.25, 0.3) is 0 Å². The van der Waals surface area contributed by atoms with Gasteiger partial charge in [0, 0.05) is 6.04 Å². The molecular weight excluding hydrogens is 331 g/mol. The standard InChI is InChI=1S/C17H22F3N5/c1-2-24(14-6-4-3-5-7-14)12-16-21-22-23-25(16)15-10-8-13(9-11-15)17(18,19)20/h8-11,14H,2-7,12H2,1H3. The lowest BCUT2D eigenvalue weighted by atomic mass is 9.94. The van der Waals surface area contributed by atoms with Gasteiger partial charge in [-0.25, -0.2) is 0 Å². The van der Waals surface area contributed by atoms with E-state index in [9.17, 15) is 13.2 Å². The first-order valence-electron chi connectivity index (χ1n) is 8.68. The third-order valence-electron chi connectivity index (χ3n) is 4.82. The third-order valence-corrected chi connectivity index (χ3v) is 4.82. The number of tetrazole rings is 1. The molecule has 1 aromatic carbocycles. The van der Waals surface area contributed by atoms with Gasteiger partial charge in [-0.2, -0.15) is 17.9 Å². The summed E-state index contributed by atoms with van der Waals surface area (Å²) in [5.41, 5.74) is -0.143. The molecule has 1 aliphatic carbocycles. The van der Waals surface area contributed by atoms with Crippen molar-refractivity contribution >= 4 is 0 Å². The van der Waals surface area contributed by atoms with E-state index in [1.54, 1.807) is 0 Å². The number of aromatic nitrogens is 4.